The molecule has 0 aliphatic carbocycles. The summed E-state index contributed by atoms with van der Waals surface area (Å²) in [5.41, 5.74) is 0.314. The summed E-state index contributed by atoms with van der Waals surface area (Å²) in [6, 6.07) is 0.673. The highest BCUT2D eigenvalue weighted by Crippen LogP contribution is 2.25. The summed E-state index contributed by atoms with van der Waals surface area (Å²) in [6.45, 7) is 17.9. The Morgan fingerprint density at radius 1 is 1.15 bits per heavy atom. The molecule has 1 unspecified atom stereocenters. The first kappa shape index (κ1) is 17.9. The summed E-state index contributed by atoms with van der Waals surface area (Å²) in [5, 5.41) is 3.31. The summed E-state index contributed by atoms with van der Waals surface area (Å²) in [5.74, 6) is 0.845. The first-order valence-corrected chi connectivity index (χ1v) is 8.54. The molecule has 0 bridgehead atoms. The van der Waals surface area contributed by atoms with E-state index in [1.807, 2.05) is 0 Å². The van der Waals surface area contributed by atoms with Crippen molar-refractivity contribution in [1.29, 1.82) is 0 Å². The van der Waals surface area contributed by atoms with Gasteiger partial charge in [0.2, 0.25) is 0 Å². The van der Waals surface area contributed by atoms with Crippen LogP contribution in [0.2, 0.25) is 0 Å². The summed E-state index contributed by atoms with van der Waals surface area (Å²) in [7, 11) is 2.06. The summed E-state index contributed by atoms with van der Waals surface area (Å²) < 4.78 is 0. The number of nitrogens with one attached hydrogen (secondary N) is 1. The quantitative estimate of drug-likeness (QED) is 0.739. The van der Waals surface area contributed by atoms with Crippen LogP contribution in [0.4, 0.5) is 0 Å². The molecule has 0 saturated carbocycles. The Kier molecular flexibility index (Phi) is 7.49. The molecule has 0 aromatic rings. The average molecular weight is 284 g/mol. The third kappa shape index (κ3) is 5.34. The van der Waals surface area contributed by atoms with Crippen LogP contribution in [0, 0.1) is 5.92 Å². The average Bonchev–Trinajstić information content (AvgIpc) is 2.37. The SMILES string of the molecule is CCCC(CCNC)CN1CCN(C(C)C)CC1(C)C. The summed E-state index contributed by atoms with van der Waals surface area (Å²) in [6.07, 6.45) is 3.98. The van der Waals surface area contributed by atoms with Crippen LogP contribution in [-0.4, -0.2) is 61.2 Å². The maximum absolute atomic E-state index is 3.31. The van der Waals surface area contributed by atoms with Gasteiger partial charge in [0.05, 0.1) is 0 Å². The fourth-order valence-corrected chi connectivity index (χ4v) is 3.40. The highest BCUT2D eigenvalue weighted by molar-refractivity contribution is 4.91. The molecule has 1 rings (SSSR count). The Balaban J connectivity index is 2.56. The molecule has 1 fully saturated rings. The fraction of sp³-hybridized carbons (Fsp3) is 1.00. The maximum Gasteiger partial charge on any atom is 0.0280 e. The molecule has 1 N–H and O–H groups in total. The van der Waals surface area contributed by atoms with Crippen molar-refractivity contribution in [3.8, 4) is 0 Å². The standard InChI is InChI=1S/C17H37N3/c1-7-8-16(9-10-18-6)13-20-12-11-19(15(2)3)14-17(20,4)5/h15-16,18H,7-14H2,1-6H3. The van der Waals surface area contributed by atoms with Crippen LogP contribution in [0.1, 0.15) is 53.9 Å². The molecule has 3 nitrogen and oxygen atoms in total. The molecule has 20 heavy (non-hydrogen) atoms. The third-order valence-corrected chi connectivity index (χ3v) is 4.81. The van der Waals surface area contributed by atoms with E-state index >= 15 is 0 Å². The molecule has 0 aromatic carbocycles. The number of nitrogens with zero attached hydrogens (tertiary/aromatic N) is 2. The Morgan fingerprint density at radius 3 is 2.35 bits per heavy atom. The molecule has 0 amide bonds. The van der Waals surface area contributed by atoms with Crippen LogP contribution in [0.25, 0.3) is 0 Å². The van der Waals surface area contributed by atoms with Crippen LogP contribution in [0.5, 0.6) is 0 Å². The van der Waals surface area contributed by atoms with E-state index in [2.05, 4.69) is 56.8 Å². The Bertz CT molecular complexity index is 263. The van der Waals surface area contributed by atoms with Crippen LogP contribution in [0.3, 0.4) is 0 Å². The van der Waals surface area contributed by atoms with E-state index in [0.29, 0.717) is 11.6 Å². The molecule has 1 saturated heterocycles. The highest BCUT2D eigenvalue weighted by Gasteiger charge is 2.35. The molecule has 1 atom stereocenters. The largest absolute Gasteiger partial charge is 0.320 e. The summed E-state index contributed by atoms with van der Waals surface area (Å²) >= 11 is 0. The third-order valence-electron chi connectivity index (χ3n) is 4.81. The van der Waals surface area contributed by atoms with Crippen molar-refractivity contribution in [3.05, 3.63) is 0 Å². The lowest BCUT2D eigenvalue weighted by Gasteiger charge is -2.49. The minimum absolute atomic E-state index is 0.314. The molecule has 0 spiro atoms. The van der Waals surface area contributed by atoms with Crippen LogP contribution >= 0.6 is 0 Å². The van der Waals surface area contributed by atoms with E-state index in [1.165, 1.54) is 45.4 Å². The lowest BCUT2D eigenvalue weighted by Crippen LogP contribution is -2.61. The predicted molar refractivity (Wildman–Crippen MR) is 89.3 cm³/mol. The van der Waals surface area contributed by atoms with E-state index in [9.17, 15) is 0 Å². The van der Waals surface area contributed by atoms with Crippen LogP contribution in [-0.2, 0) is 0 Å². The van der Waals surface area contributed by atoms with Gasteiger partial charge in [-0.1, -0.05) is 13.3 Å². The highest BCUT2D eigenvalue weighted by atomic mass is 15.3. The number of hydrogen-bond donors (Lipinski definition) is 1. The van der Waals surface area contributed by atoms with Gasteiger partial charge in [-0.15, -0.1) is 0 Å². The van der Waals surface area contributed by atoms with Crippen molar-refractivity contribution < 1.29 is 0 Å². The van der Waals surface area contributed by atoms with Crippen LogP contribution in [0.15, 0.2) is 0 Å². The Labute approximate surface area is 127 Å². The van der Waals surface area contributed by atoms with Crippen molar-refractivity contribution in [3.63, 3.8) is 0 Å². The Morgan fingerprint density at radius 2 is 1.85 bits per heavy atom. The van der Waals surface area contributed by atoms with Gasteiger partial charge in [-0.3, -0.25) is 9.80 Å². The van der Waals surface area contributed by atoms with Crippen molar-refractivity contribution in [2.75, 3.05) is 39.8 Å². The molecular formula is C17H37N3. The maximum atomic E-state index is 3.31. The lowest BCUT2D eigenvalue weighted by atomic mass is 9.92. The molecular weight excluding hydrogens is 246 g/mol. The van der Waals surface area contributed by atoms with Gasteiger partial charge in [0.15, 0.2) is 0 Å². The minimum Gasteiger partial charge on any atom is -0.320 e. The number of rotatable bonds is 8. The first-order valence-electron chi connectivity index (χ1n) is 8.54. The predicted octanol–water partition coefficient (Wildman–Crippen LogP) is 2.82. The van der Waals surface area contributed by atoms with Crippen molar-refractivity contribution in [1.82, 2.24) is 15.1 Å². The number of hydrogen-bond acceptors (Lipinski definition) is 3. The van der Waals surface area contributed by atoms with Gasteiger partial charge in [0.1, 0.15) is 0 Å². The topological polar surface area (TPSA) is 18.5 Å². The van der Waals surface area contributed by atoms with E-state index in [0.717, 1.165) is 12.5 Å². The fourth-order valence-electron chi connectivity index (χ4n) is 3.40. The second-order valence-corrected chi connectivity index (χ2v) is 7.37. The van der Waals surface area contributed by atoms with Crippen molar-refractivity contribution in [2.45, 2.75) is 65.5 Å². The zero-order chi connectivity index (χ0) is 15.2. The minimum atomic E-state index is 0.314. The molecule has 1 aliphatic heterocycles. The molecule has 1 aliphatic rings. The monoisotopic (exact) mass is 283 g/mol. The molecule has 1 heterocycles. The van der Waals surface area contributed by atoms with Crippen molar-refractivity contribution >= 4 is 0 Å². The van der Waals surface area contributed by atoms with Gasteiger partial charge in [0, 0.05) is 37.8 Å². The lowest BCUT2D eigenvalue weighted by molar-refractivity contribution is -0.00448. The smallest absolute Gasteiger partial charge is 0.0280 e. The Hall–Kier alpha value is -0.120. The zero-order valence-electron chi connectivity index (χ0n) is 14.7. The summed E-state index contributed by atoms with van der Waals surface area (Å²) in [4.78, 5) is 5.36. The van der Waals surface area contributed by atoms with Crippen LogP contribution < -0.4 is 5.32 Å². The van der Waals surface area contributed by atoms with E-state index in [1.54, 1.807) is 0 Å². The van der Waals surface area contributed by atoms with E-state index < -0.39 is 0 Å². The molecule has 0 aromatic heterocycles. The normalized spacial score (nSPS) is 22.4. The van der Waals surface area contributed by atoms with E-state index in [-0.39, 0.29) is 0 Å². The van der Waals surface area contributed by atoms with Gasteiger partial charge in [-0.2, -0.15) is 0 Å². The first-order chi connectivity index (χ1) is 9.40. The molecule has 0 radical (unpaired) electrons. The van der Waals surface area contributed by atoms with Crippen molar-refractivity contribution in [2.24, 2.45) is 5.92 Å². The van der Waals surface area contributed by atoms with Gasteiger partial charge < -0.3 is 5.32 Å². The van der Waals surface area contributed by atoms with Gasteiger partial charge >= 0.3 is 0 Å². The zero-order valence-corrected chi connectivity index (χ0v) is 14.7. The van der Waals surface area contributed by atoms with Gasteiger partial charge in [-0.05, 0) is 60.0 Å². The second-order valence-electron chi connectivity index (χ2n) is 7.37. The molecule has 120 valence electrons. The number of piperazine rings is 1. The second kappa shape index (κ2) is 8.35. The molecule has 3 heteroatoms. The van der Waals surface area contributed by atoms with Gasteiger partial charge in [0.25, 0.3) is 0 Å². The van der Waals surface area contributed by atoms with Gasteiger partial charge in [-0.25, -0.2) is 0 Å². The van der Waals surface area contributed by atoms with E-state index in [4.69, 9.17) is 0 Å².